The second-order valence-electron chi connectivity index (χ2n) is 4.90. The molecule has 0 aliphatic carbocycles. The summed E-state index contributed by atoms with van der Waals surface area (Å²) in [6, 6.07) is 11.5. The summed E-state index contributed by atoms with van der Waals surface area (Å²) in [6.07, 6.45) is 3.15. The van der Waals surface area contributed by atoms with Gasteiger partial charge in [0.1, 0.15) is 5.75 Å². The molecule has 1 aromatic carbocycles. The van der Waals surface area contributed by atoms with E-state index >= 15 is 0 Å². The number of aryl methyl sites for hydroxylation is 1. The van der Waals surface area contributed by atoms with Crippen LogP contribution in [0.1, 0.15) is 17.7 Å². The molecule has 2 heterocycles. The van der Waals surface area contributed by atoms with E-state index in [-0.39, 0.29) is 5.56 Å². The lowest BCUT2D eigenvalue weighted by atomic mass is 10.1. The molecule has 108 valence electrons. The fourth-order valence-electron chi connectivity index (χ4n) is 2.35. The summed E-state index contributed by atoms with van der Waals surface area (Å²) < 4.78 is 7.12. The molecule has 0 amide bonds. The van der Waals surface area contributed by atoms with Gasteiger partial charge in [-0.3, -0.25) is 9.89 Å². The maximum absolute atomic E-state index is 12.3. The highest BCUT2D eigenvalue weighted by Crippen LogP contribution is 2.10. The van der Waals surface area contributed by atoms with Crippen LogP contribution in [0, 0.1) is 6.92 Å². The van der Waals surface area contributed by atoms with Crippen molar-refractivity contribution in [2.24, 2.45) is 0 Å². The Morgan fingerprint density at radius 3 is 2.86 bits per heavy atom. The Kier molecular flexibility index (Phi) is 3.73. The molecule has 0 radical (unpaired) electrons. The van der Waals surface area contributed by atoms with E-state index in [9.17, 15) is 4.79 Å². The third kappa shape index (κ3) is 2.81. The second kappa shape index (κ2) is 5.83. The Hall–Kier alpha value is -2.56. The summed E-state index contributed by atoms with van der Waals surface area (Å²) >= 11 is 0. The zero-order valence-corrected chi connectivity index (χ0v) is 11.9. The smallest absolute Gasteiger partial charge is 0.276 e. The Balaban J connectivity index is 1.67. The van der Waals surface area contributed by atoms with E-state index in [1.807, 2.05) is 37.3 Å². The standard InChI is InChI=1S/C16H17N3O2/c1-12-14(16(20)19-15(18-12)9-10-17-19)8-5-11-21-13-6-3-2-4-7-13/h2-4,6-7,9-10,17H,5,8,11H2,1H3. The van der Waals surface area contributed by atoms with Crippen molar-refractivity contribution in [3.63, 3.8) is 0 Å². The van der Waals surface area contributed by atoms with Crippen molar-refractivity contribution in [3.05, 3.63) is 64.2 Å². The van der Waals surface area contributed by atoms with Crippen molar-refractivity contribution in [3.8, 4) is 5.75 Å². The molecular formula is C16H17N3O2. The molecule has 3 aromatic rings. The topological polar surface area (TPSA) is 59.4 Å². The Morgan fingerprint density at radius 2 is 2.05 bits per heavy atom. The van der Waals surface area contributed by atoms with Crippen LogP contribution in [0.25, 0.3) is 5.65 Å². The fraction of sp³-hybridized carbons (Fsp3) is 0.250. The van der Waals surface area contributed by atoms with Gasteiger partial charge in [-0.25, -0.2) is 9.50 Å². The summed E-state index contributed by atoms with van der Waals surface area (Å²) in [6.45, 7) is 2.46. The van der Waals surface area contributed by atoms with Gasteiger partial charge in [0.25, 0.3) is 5.56 Å². The van der Waals surface area contributed by atoms with Crippen LogP contribution in [0.15, 0.2) is 47.4 Å². The molecule has 2 aromatic heterocycles. The number of fused-ring (bicyclic) bond motifs is 1. The molecule has 0 atom stereocenters. The third-order valence-electron chi connectivity index (χ3n) is 3.43. The van der Waals surface area contributed by atoms with E-state index in [0.717, 1.165) is 23.4 Å². The minimum atomic E-state index is -0.0257. The van der Waals surface area contributed by atoms with Crippen molar-refractivity contribution in [2.45, 2.75) is 19.8 Å². The second-order valence-corrected chi connectivity index (χ2v) is 4.90. The first-order chi connectivity index (χ1) is 10.3. The summed E-state index contributed by atoms with van der Waals surface area (Å²) in [7, 11) is 0. The van der Waals surface area contributed by atoms with Gasteiger partial charge in [-0.1, -0.05) is 18.2 Å². The zero-order valence-electron chi connectivity index (χ0n) is 11.9. The number of ether oxygens (including phenoxy) is 1. The van der Waals surface area contributed by atoms with Crippen molar-refractivity contribution in [2.75, 3.05) is 6.61 Å². The minimum absolute atomic E-state index is 0.0257. The molecule has 0 saturated carbocycles. The van der Waals surface area contributed by atoms with Gasteiger partial charge in [-0.2, -0.15) is 0 Å². The highest BCUT2D eigenvalue weighted by atomic mass is 16.5. The predicted molar refractivity (Wildman–Crippen MR) is 80.8 cm³/mol. The molecule has 0 bridgehead atoms. The van der Waals surface area contributed by atoms with E-state index in [4.69, 9.17) is 4.74 Å². The number of aromatic amines is 1. The van der Waals surface area contributed by atoms with E-state index in [0.29, 0.717) is 18.7 Å². The average Bonchev–Trinajstić information content (AvgIpc) is 2.96. The van der Waals surface area contributed by atoms with Gasteiger partial charge in [0.2, 0.25) is 0 Å². The number of aromatic nitrogens is 3. The van der Waals surface area contributed by atoms with Crippen LogP contribution >= 0.6 is 0 Å². The molecule has 0 spiro atoms. The molecule has 5 nitrogen and oxygen atoms in total. The van der Waals surface area contributed by atoms with E-state index in [1.54, 1.807) is 12.3 Å². The van der Waals surface area contributed by atoms with Crippen LogP contribution in [0.2, 0.25) is 0 Å². The average molecular weight is 283 g/mol. The minimum Gasteiger partial charge on any atom is -0.494 e. The number of para-hydroxylation sites is 1. The molecule has 0 aliphatic heterocycles. The van der Waals surface area contributed by atoms with Gasteiger partial charge >= 0.3 is 0 Å². The van der Waals surface area contributed by atoms with Gasteiger partial charge in [-0.15, -0.1) is 0 Å². The van der Waals surface area contributed by atoms with Gasteiger partial charge in [-0.05, 0) is 31.9 Å². The van der Waals surface area contributed by atoms with Crippen LogP contribution < -0.4 is 10.3 Å². The van der Waals surface area contributed by atoms with Gasteiger partial charge in [0.05, 0.1) is 6.61 Å². The third-order valence-corrected chi connectivity index (χ3v) is 3.43. The molecule has 3 rings (SSSR count). The molecule has 0 saturated heterocycles. The lowest BCUT2D eigenvalue weighted by molar-refractivity contribution is 0.310. The monoisotopic (exact) mass is 283 g/mol. The van der Waals surface area contributed by atoms with Crippen LogP contribution in [-0.4, -0.2) is 21.2 Å². The summed E-state index contributed by atoms with van der Waals surface area (Å²) in [5.74, 6) is 0.851. The first kappa shape index (κ1) is 13.4. The van der Waals surface area contributed by atoms with Crippen LogP contribution in [0.4, 0.5) is 0 Å². The first-order valence-electron chi connectivity index (χ1n) is 6.99. The van der Waals surface area contributed by atoms with E-state index in [1.165, 1.54) is 4.52 Å². The normalized spacial score (nSPS) is 10.9. The number of hydrogen-bond acceptors (Lipinski definition) is 3. The zero-order chi connectivity index (χ0) is 14.7. The van der Waals surface area contributed by atoms with Gasteiger partial charge in [0, 0.05) is 23.5 Å². The SMILES string of the molecule is Cc1nc2cc[nH]n2c(=O)c1CCCOc1ccccc1. The van der Waals surface area contributed by atoms with Crippen LogP contribution in [-0.2, 0) is 6.42 Å². The molecular weight excluding hydrogens is 266 g/mol. The maximum Gasteiger partial charge on any atom is 0.276 e. The Bertz CT molecular complexity index is 790. The lowest BCUT2D eigenvalue weighted by Gasteiger charge is -2.07. The van der Waals surface area contributed by atoms with E-state index < -0.39 is 0 Å². The number of hydrogen-bond donors (Lipinski definition) is 1. The summed E-state index contributed by atoms with van der Waals surface area (Å²) in [4.78, 5) is 16.7. The molecule has 21 heavy (non-hydrogen) atoms. The molecule has 1 N–H and O–H groups in total. The number of H-pyrrole nitrogens is 1. The highest BCUT2D eigenvalue weighted by molar-refractivity contribution is 5.38. The van der Waals surface area contributed by atoms with E-state index in [2.05, 4.69) is 10.1 Å². The largest absolute Gasteiger partial charge is 0.494 e. The summed E-state index contributed by atoms with van der Waals surface area (Å²) in [5, 5.41) is 2.88. The van der Waals surface area contributed by atoms with Crippen LogP contribution in [0.3, 0.4) is 0 Å². The summed E-state index contributed by atoms with van der Waals surface area (Å²) in [5.41, 5.74) is 2.16. The lowest BCUT2D eigenvalue weighted by Crippen LogP contribution is -2.22. The van der Waals surface area contributed by atoms with Crippen LogP contribution in [0.5, 0.6) is 5.75 Å². The molecule has 0 aliphatic rings. The predicted octanol–water partition coefficient (Wildman–Crippen LogP) is 2.34. The quantitative estimate of drug-likeness (QED) is 0.731. The maximum atomic E-state index is 12.3. The number of nitrogens with one attached hydrogen (secondary N) is 1. The Labute approximate surface area is 122 Å². The molecule has 0 fully saturated rings. The van der Waals surface area contributed by atoms with Crippen molar-refractivity contribution in [1.82, 2.24) is 14.6 Å². The Morgan fingerprint density at radius 1 is 1.24 bits per heavy atom. The van der Waals surface area contributed by atoms with Gasteiger partial charge < -0.3 is 4.74 Å². The van der Waals surface area contributed by atoms with Crippen molar-refractivity contribution < 1.29 is 4.74 Å². The number of rotatable bonds is 5. The number of nitrogens with zero attached hydrogens (tertiary/aromatic N) is 2. The number of benzene rings is 1. The molecule has 5 heteroatoms. The molecule has 0 unspecified atom stereocenters. The van der Waals surface area contributed by atoms with Crippen molar-refractivity contribution >= 4 is 5.65 Å². The van der Waals surface area contributed by atoms with Crippen molar-refractivity contribution in [1.29, 1.82) is 0 Å². The first-order valence-corrected chi connectivity index (χ1v) is 6.99. The highest BCUT2D eigenvalue weighted by Gasteiger charge is 2.09. The van der Waals surface area contributed by atoms with Gasteiger partial charge in [0.15, 0.2) is 5.65 Å². The fourth-order valence-corrected chi connectivity index (χ4v) is 2.35.